The van der Waals surface area contributed by atoms with Crippen LogP contribution in [0, 0.1) is 0 Å². The number of carbonyl (C=O) groups excluding carboxylic acids is 1. The van der Waals surface area contributed by atoms with Crippen LogP contribution >= 0.6 is 0 Å². The van der Waals surface area contributed by atoms with Crippen LogP contribution in [-0.4, -0.2) is 13.1 Å². The van der Waals surface area contributed by atoms with E-state index in [2.05, 4.69) is 10.6 Å². The van der Waals surface area contributed by atoms with Gasteiger partial charge in [-0.2, -0.15) is 0 Å². The second-order valence-corrected chi connectivity index (χ2v) is 5.59. The molecule has 5 heteroatoms. The van der Waals surface area contributed by atoms with Gasteiger partial charge >= 0.3 is 6.03 Å². The van der Waals surface area contributed by atoms with Crippen LogP contribution in [0.3, 0.4) is 0 Å². The van der Waals surface area contributed by atoms with Crippen LogP contribution in [0.15, 0.2) is 71.1 Å². The van der Waals surface area contributed by atoms with Crippen LogP contribution in [0.2, 0.25) is 0 Å². The highest BCUT2D eigenvalue weighted by molar-refractivity contribution is 6.08. The molecule has 2 amide bonds. The first-order chi connectivity index (χ1) is 12.2. The Kier molecular flexibility index (Phi) is 3.74. The molecule has 0 aliphatic heterocycles. The average molecular weight is 332 g/mol. The molecule has 5 nitrogen and oxygen atoms in total. The number of amides is 2. The first-order valence-electron chi connectivity index (χ1n) is 7.87. The highest BCUT2D eigenvalue weighted by atomic mass is 16.5. The van der Waals surface area contributed by atoms with Crippen LogP contribution < -0.4 is 15.4 Å². The first-order valence-corrected chi connectivity index (χ1v) is 7.87. The number of methoxy groups -OCH3 is 1. The number of ether oxygens (including phenoxy) is 1. The van der Waals surface area contributed by atoms with Gasteiger partial charge in [0.15, 0.2) is 0 Å². The van der Waals surface area contributed by atoms with E-state index in [-0.39, 0.29) is 6.03 Å². The van der Waals surface area contributed by atoms with Crippen molar-refractivity contribution in [1.82, 2.24) is 0 Å². The number of rotatable bonds is 3. The van der Waals surface area contributed by atoms with Crippen molar-refractivity contribution in [3.63, 3.8) is 0 Å². The molecular weight excluding hydrogens is 316 g/mol. The quantitative estimate of drug-likeness (QED) is 0.539. The Morgan fingerprint density at radius 1 is 0.880 bits per heavy atom. The third-order valence-electron chi connectivity index (χ3n) is 3.99. The number of hydrogen-bond acceptors (Lipinski definition) is 3. The van der Waals surface area contributed by atoms with Crippen molar-refractivity contribution in [2.24, 2.45) is 0 Å². The van der Waals surface area contributed by atoms with Crippen LogP contribution in [-0.2, 0) is 0 Å². The van der Waals surface area contributed by atoms with Crippen molar-refractivity contribution in [1.29, 1.82) is 0 Å². The lowest BCUT2D eigenvalue weighted by Gasteiger charge is -2.11. The van der Waals surface area contributed by atoms with E-state index in [1.807, 2.05) is 54.6 Å². The number of fused-ring (bicyclic) bond motifs is 3. The molecule has 0 atom stereocenters. The molecule has 0 saturated heterocycles. The molecular formula is C20H16N2O3. The maximum absolute atomic E-state index is 12.3. The Hall–Kier alpha value is -3.47. The molecule has 0 spiro atoms. The lowest BCUT2D eigenvalue weighted by Crippen LogP contribution is -2.19. The summed E-state index contributed by atoms with van der Waals surface area (Å²) in [4.78, 5) is 12.3. The average Bonchev–Trinajstić information content (AvgIpc) is 3.00. The Balaban J connectivity index is 1.59. The summed E-state index contributed by atoms with van der Waals surface area (Å²) in [6.07, 6.45) is 0. The van der Waals surface area contributed by atoms with Gasteiger partial charge in [0, 0.05) is 16.5 Å². The van der Waals surface area contributed by atoms with Crippen molar-refractivity contribution >= 4 is 39.3 Å². The standard InChI is InChI=1S/C20H16N2O3/c1-24-19-9-5-3-7-16(19)22-20(23)21-13-10-11-18-15(12-13)14-6-2-4-8-17(14)25-18/h2-12H,1H3,(H2,21,22,23). The summed E-state index contributed by atoms with van der Waals surface area (Å²) < 4.78 is 11.0. The van der Waals surface area contributed by atoms with Gasteiger partial charge in [-0.15, -0.1) is 0 Å². The van der Waals surface area contributed by atoms with Crippen molar-refractivity contribution in [2.45, 2.75) is 0 Å². The fourth-order valence-electron chi connectivity index (χ4n) is 2.84. The predicted octanol–water partition coefficient (Wildman–Crippen LogP) is 5.24. The molecule has 0 aliphatic carbocycles. The number of benzene rings is 3. The summed E-state index contributed by atoms with van der Waals surface area (Å²) in [6.45, 7) is 0. The van der Waals surface area contributed by atoms with E-state index in [1.54, 1.807) is 19.2 Å². The summed E-state index contributed by atoms with van der Waals surface area (Å²) in [5.41, 5.74) is 2.91. The zero-order valence-electron chi connectivity index (χ0n) is 13.6. The van der Waals surface area contributed by atoms with E-state index >= 15 is 0 Å². The molecule has 25 heavy (non-hydrogen) atoms. The predicted molar refractivity (Wildman–Crippen MR) is 99.4 cm³/mol. The number of nitrogens with one attached hydrogen (secondary N) is 2. The van der Waals surface area contributed by atoms with Crippen molar-refractivity contribution < 1.29 is 13.9 Å². The Labute approximate surface area is 144 Å². The lowest BCUT2D eigenvalue weighted by atomic mass is 10.1. The van der Waals surface area contributed by atoms with E-state index < -0.39 is 0 Å². The molecule has 2 N–H and O–H groups in total. The minimum absolute atomic E-state index is 0.336. The number of urea groups is 1. The van der Waals surface area contributed by atoms with Gasteiger partial charge in [-0.25, -0.2) is 4.79 Å². The fourth-order valence-corrected chi connectivity index (χ4v) is 2.84. The topological polar surface area (TPSA) is 63.5 Å². The SMILES string of the molecule is COc1ccccc1NC(=O)Nc1ccc2oc3ccccc3c2c1. The first kappa shape index (κ1) is 15.1. The Morgan fingerprint density at radius 3 is 2.52 bits per heavy atom. The zero-order chi connectivity index (χ0) is 17.2. The van der Waals surface area contributed by atoms with E-state index in [1.165, 1.54) is 0 Å². The molecule has 124 valence electrons. The lowest BCUT2D eigenvalue weighted by molar-refractivity contribution is 0.262. The normalized spacial score (nSPS) is 10.8. The van der Waals surface area contributed by atoms with Gasteiger partial charge in [0.1, 0.15) is 16.9 Å². The maximum atomic E-state index is 12.3. The molecule has 0 radical (unpaired) electrons. The minimum atomic E-state index is -0.336. The summed E-state index contributed by atoms with van der Waals surface area (Å²) in [5.74, 6) is 0.605. The summed E-state index contributed by atoms with van der Waals surface area (Å²) in [7, 11) is 1.57. The minimum Gasteiger partial charge on any atom is -0.495 e. The van der Waals surface area contributed by atoms with Gasteiger partial charge < -0.3 is 19.8 Å². The molecule has 1 heterocycles. The molecule has 0 fully saturated rings. The Bertz CT molecular complexity index is 1070. The van der Waals surface area contributed by atoms with Gasteiger partial charge in [0.2, 0.25) is 0 Å². The number of hydrogen-bond donors (Lipinski definition) is 2. The molecule has 0 aliphatic rings. The van der Waals surface area contributed by atoms with Gasteiger partial charge in [0.05, 0.1) is 12.8 Å². The van der Waals surface area contributed by atoms with Gasteiger partial charge in [-0.1, -0.05) is 30.3 Å². The maximum Gasteiger partial charge on any atom is 0.323 e. The zero-order valence-corrected chi connectivity index (χ0v) is 13.6. The van der Waals surface area contributed by atoms with Crippen molar-refractivity contribution in [3.05, 3.63) is 66.7 Å². The third-order valence-corrected chi connectivity index (χ3v) is 3.99. The van der Waals surface area contributed by atoms with Gasteiger partial charge in [-0.3, -0.25) is 0 Å². The smallest absolute Gasteiger partial charge is 0.323 e. The molecule has 4 rings (SSSR count). The molecule has 1 aromatic heterocycles. The van der Waals surface area contributed by atoms with Crippen molar-refractivity contribution in [3.8, 4) is 5.75 Å². The molecule has 0 saturated carbocycles. The molecule has 4 aromatic rings. The molecule has 0 bridgehead atoms. The fraction of sp³-hybridized carbons (Fsp3) is 0.0500. The van der Waals surface area contributed by atoms with Crippen LogP contribution in [0.4, 0.5) is 16.2 Å². The number of anilines is 2. The van der Waals surface area contributed by atoms with E-state index in [9.17, 15) is 4.79 Å². The number of para-hydroxylation sites is 3. The van der Waals surface area contributed by atoms with Crippen LogP contribution in [0.25, 0.3) is 21.9 Å². The van der Waals surface area contributed by atoms with Gasteiger partial charge in [0.25, 0.3) is 0 Å². The van der Waals surface area contributed by atoms with Gasteiger partial charge in [-0.05, 0) is 36.4 Å². The van der Waals surface area contributed by atoms with Crippen LogP contribution in [0.5, 0.6) is 5.75 Å². The van der Waals surface area contributed by atoms with E-state index in [4.69, 9.17) is 9.15 Å². The summed E-state index contributed by atoms with van der Waals surface area (Å²) in [6, 6.07) is 20.3. The molecule has 3 aromatic carbocycles. The van der Waals surface area contributed by atoms with E-state index in [0.29, 0.717) is 17.1 Å². The highest BCUT2D eigenvalue weighted by Crippen LogP contribution is 2.30. The van der Waals surface area contributed by atoms with Crippen LogP contribution in [0.1, 0.15) is 0 Å². The second kappa shape index (κ2) is 6.20. The third kappa shape index (κ3) is 2.87. The largest absolute Gasteiger partial charge is 0.495 e. The van der Waals surface area contributed by atoms with Crippen molar-refractivity contribution in [2.75, 3.05) is 17.7 Å². The summed E-state index contributed by atoms with van der Waals surface area (Å²) >= 11 is 0. The number of carbonyl (C=O) groups is 1. The second-order valence-electron chi connectivity index (χ2n) is 5.59. The van der Waals surface area contributed by atoms with E-state index in [0.717, 1.165) is 21.9 Å². The number of furan rings is 1. The Morgan fingerprint density at radius 2 is 1.64 bits per heavy atom. The summed E-state index contributed by atoms with van der Waals surface area (Å²) in [5, 5.41) is 7.61. The molecule has 0 unspecified atom stereocenters. The monoisotopic (exact) mass is 332 g/mol. The highest BCUT2D eigenvalue weighted by Gasteiger charge is 2.10.